The van der Waals surface area contributed by atoms with Crippen molar-refractivity contribution in [3.63, 3.8) is 0 Å². The van der Waals surface area contributed by atoms with E-state index in [0.717, 1.165) is 42.5 Å². The van der Waals surface area contributed by atoms with E-state index >= 15 is 0 Å². The summed E-state index contributed by atoms with van der Waals surface area (Å²) < 4.78 is 11.7. The Labute approximate surface area is 145 Å². The molecule has 1 N–H and O–H groups in total. The maximum atomic E-state index is 11.6. The van der Waals surface area contributed by atoms with E-state index in [1.807, 2.05) is 18.3 Å². The molecule has 1 aromatic heterocycles. The van der Waals surface area contributed by atoms with Crippen molar-refractivity contribution in [2.24, 2.45) is 5.41 Å². The van der Waals surface area contributed by atoms with E-state index < -0.39 is 5.60 Å². The lowest BCUT2D eigenvalue weighted by Gasteiger charge is -2.37. The van der Waals surface area contributed by atoms with Crippen molar-refractivity contribution in [2.45, 2.75) is 37.7 Å². The Morgan fingerprint density at radius 1 is 1.39 bits per heavy atom. The topological polar surface area (TPSA) is 60.5 Å². The minimum atomic E-state index is -0.444. The molecule has 2 fully saturated rings. The Morgan fingerprint density at radius 2 is 2.26 bits per heavy atom. The van der Waals surface area contributed by atoms with Crippen LogP contribution in [-0.2, 0) is 19.9 Å². The molecular weight excluding hydrogens is 360 g/mol. The first-order chi connectivity index (χ1) is 11.1. The van der Waals surface area contributed by atoms with Crippen LogP contribution in [0.25, 0.3) is 0 Å². The summed E-state index contributed by atoms with van der Waals surface area (Å²) in [5.74, 6) is -0.336. The van der Waals surface area contributed by atoms with Crippen molar-refractivity contribution in [2.75, 3.05) is 26.8 Å². The van der Waals surface area contributed by atoms with Crippen LogP contribution in [0, 0.1) is 5.41 Å². The largest absolute Gasteiger partial charge is 0.467 e. The van der Waals surface area contributed by atoms with Gasteiger partial charge in [0.2, 0.25) is 0 Å². The van der Waals surface area contributed by atoms with Gasteiger partial charge < -0.3 is 14.8 Å². The highest BCUT2D eigenvalue weighted by molar-refractivity contribution is 9.10. The quantitative estimate of drug-likeness (QED) is 0.640. The zero-order valence-electron chi connectivity index (χ0n) is 13.4. The first-order valence-corrected chi connectivity index (χ1v) is 8.90. The van der Waals surface area contributed by atoms with Gasteiger partial charge in [0.1, 0.15) is 11.2 Å². The van der Waals surface area contributed by atoms with Gasteiger partial charge in [0.15, 0.2) is 0 Å². The van der Waals surface area contributed by atoms with Gasteiger partial charge in [-0.15, -0.1) is 0 Å². The van der Waals surface area contributed by atoms with Crippen LogP contribution in [0.2, 0.25) is 0 Å². The maximum absolute atomic E-state index is 11.6. The summed E-state index contributed by atoms with van der Waals surface area (Å²) in [5.41, 5.74) is 0.870. The van der Waals surface area contributed by atoms with Crippen molar-refractivity contribution in [3.8, 4) is 0 Å². The third-order valence-corrected chi connectivity index (χ3v) is 5.70. The fraction of sp³-hybridized carbons (Fsp3) is 0.647. The molecule has 0 amide bonds. The van der Waals surface area contributed by atoms with Crippen molar-refractivity contribution < 1.29 is 14.3 Å². The average Bonchev–Trinajstić information content (AvgIpc) is 2.93. The van der Waals surface area contributed by atoms with Crippen LogP contribution < -0.4 is 5.32 Å². The average molecular weight is 383 g/mol. The molecule has 1 aliphatic heterocycles. The van der Waals surface area contributed by atoms with E-state index in [2.05, 4.69) is 26.2 Å². The van der Waals surface area contributed by atoms with Crippen LogP contribution in [0.4, 0.5) is 0 Å². The zero-order valence-corrected chi connectivity index (χ0v) is 15.0. The second kappa shape index (κ2) is 6.87. The molecule has 0 bridgehead atoms. The Bertz CT molecular complexity index is 557. The summed E-state index contributed by atoms with van der Waals surface area (Å²) in [6, 6.07) is 3.98. The number of nitrogens with one attached hydrogen (secondary N) is 1. The summed E-state index contributed by atoms with van der Waals surface area (Å²) in [4.78, 5) is 15.9. The fourth-order valence-electron chi connectivity index (χ4n) is 4.00. The number of hydrogen-bond acceptors (Lipinski definition) is 5. The van der Waals surface area contributed by atoms with Gasteiger partial charge in [-0.2, -0.15) is 0 Å². The van der Waals surface area contributed by atoms with Gasteiger partial charge in [-0.1, -0.05) is 6.07 Å². The van der Waals surface area contributed by atoms with Crippen LogP contribution >= 0.6 is 15.9 Å². The molecule has 5 nitrogen and oxygen atoms in total. The van der Waals surface area contributed by atoms with Gasteiger partial charge in [0.05, 0.1) is 12.7 Å². The number of piperidine rings is 1. The van der Waals surface area contributed by atoms with Crippen molar-refractivity contribution in [1.29, 1.82) is 0 Å². The molecule has 1 saturated heterocycles. The molecule has 2 atom stereocenters. The number of hydrogen-bond donors (Lipinski definition) is 1. The first-order valence-electron chi connectivity index (χ1n) is 8.11. The molecule has 1 saturated carbocycles. The zero-order chi connectivity index (χ0) is 16.3. The molecule has 2 aliphatic rings. The molecule has 1 spiro atoms. The highest BCUT2D eigenvalue weighted by Crippen LogP contribution is 2.54. The predicted octanol–water partition coefficient (Wildman–Crippen LogP) is 2.78. The number of esters is 1. The Hall–Kier alpha value is -0.980. The van der Waals surface area contributed by atoms with Gasteiger partial charge in [0, 0.05) is 18.3 Å². The first kappa shape index (κ1) is 16.9. The van der Waals surface area contributed by atoms with E-state index in [1.54, 1.807) is 0 Å². The molecule has 1 aliphatic carbocycles. The Kier molecular flexibility index (Phi) is 5.04. The Balaban J connectivity index is 1.85. The van der Waals surface area contributed by atoms with Crippen LogP contribution in [0.3, 0.4) is 0 Å². The second-order valence-electron chi connectivity index (χ2n) is 6.69. The Morgan fingerprint density at radius 3 is 2.91 bits per heavy atom. The summed E-state index contributed by atoms with van der Waals surface area (Å²) in [6.45, 7) is 2.11. The number of rotatable bonds is 4. The molecule has 0 radical (unpaired) electrons. The number of carbonyl (C=O) groups is 1. The number of ether oxygens (including phenoxy) is 2. The molecular formula is C17H23BrN2O3. The van der Waals surface area contributed by atoms with Crippen LogP contribution in [0.1, 0.15) is 37.7 Å². The highest BCUT2D eigenvalue weighted by Gasteiger charge is 2.50. The molecule has 23 heavy (non-hydrogen) atoms. The monoisotopic (exact) mass is 382 g/mol. The minimum absolute atomic E-state index is 0.0178. The number of nitrogens with zero attached hydrogens (tertiary/aromatic N) is 1. The fourth-order valence-corrected chi connectivity index (χ4v) is 4.23. The normalized spacial score (nSPS) is 30.5. The number of halogens is 1. The summed E-state index contributed by atoms with van der Waals surface area (Å²) >= 11 is 3.38. The molecule has 2 unspecified atom stereocenters. The number of aromatic nitrogens is 1. The lowest BCUT2D eigenvalue weighted by atomic mass is 9.77. The number of methoxy groups -OCH3 is 1. The third kappa shape index (κ3) is 3.59. The van der Waals surface area contributed by atoms with E-state index in [-0.39, 0.29) is 18.0 Å². The number of pyridine rings is 1. The lowest BCUT2D eigenvalue weighted by Crippen LogP contribution is -2.40. The van der Waals surface area contributed by atoms with E-state index in [4.69, 9.17) is 9.47 Å². The predicted molar refractivity (Wildman–Crippen MR) is 90.0 cm³/mol. The van der Waals surface area contributed by atoms with Gasteiger partial charge in [-0.05, 0) is 66.1 Å². The third-order valence-electron chi connectivity index (χ3n) is 5.23. The van der Waals surface area contributed by atoms with E-state index in [1.165, 1.54) is 20.0 Å². The highest BCUT2D eigenvalue weighted by atomic mass is 79.9. The second-order valence-corrected chi connectivity index (χ2v) is 7.50. The van der Waals surface area contributed by atoms with Crippen molar-refractivity contribution >= 4 is 21.9 Å². The molecule has 2 heterocycles. The maximum Gasteiger partial charge on any atom is 0.331 e. The SMILES string of the molecule is COC(=O)COC1(c2ccc(Br)nc2)CCC2(CCCNC2)C1. The van der Waals surface area contributed by atoms with E-state index in [9.17, 15) is 4.79 Å². The van der Waals surface area contributed by atoms with Gasteiger partial charge in [0.25, 0.3) is 0 Å². The smallest absolute Gasteiger partial charge is 0.331 e. The van der Waals surface area contributed by atoms with Crippen molar-refractivity contribution in [1.82, 2.24) is 10.3 Å². The van der Waals surface area contributed by atoms with Gasteiger partial charge in [-0.25, -0.2) is 9.78 Å². The van der Waals surface area contributed by atoms with Crippen LogP contribution in [-0.4, -0.2) is 37.8 Å². The van der Waals surface area contributed by atoms with Gasteiger partial charge in [-0.3, -0.25) is 0 Å². The van der Waals surface area contributed by atoms with Gasteiger partial charge >= 0.3 is 5.97 Å². The molecule has 3 rings (SSSR count). The minimum Gasteiger partial charge on any atom is -0.467 e. The molecule has 1 aromatic rings. The van der Waals surface area contributed by atoms with E-state index in [0.29, 0.717) is 0 Å². The lowest BCUT2D eigenvalue weighted by molar-refractivity contribution is -0.154. The van der Waals surface area contributed by atoms with Crippen molar-refractivity contribution in [3.05, 3.63) is 28.5 Å². The summed E-state index contributed by atoms with van der Waals surface area (Å²) in [6.07, 6.45) is 7.22. The number of carbonyl (C=O) groups excluding carboxylic acids is 1. The standard InChI is InChI=1S/C17H23BrN2O3/c1-22-15(21)10-23-17(13-3-4-14(18)20-9-13)7-6-16(11-17)5-2-8-19-12-16/h3-4,9,19H,2,5-8,10-12H2,1H3. The van der Waals surface area contributed by atoms with Crippen LogP contribution in [0.5, 0.6) is 0 Å². The van der Waals surface area contributed by atoms with Crippen LogP contribution in [0.15, 0.2) is 22.9 Å². The molecule has 6 heteroatoms. The summed E-state index contributed by atoms with van der Waals surface area (Å²) in [5, 5.41) is 3.52. The summed E-state index contributed by atoms with van der Waals surface area (Å²) in [7, 11) is 1.39. The molecule has 126 valence electrons. The molecule has 0 aromatic carbocycles.